The summed E-state index contributed by atoms with van der Waals surface area (Å²) in [6.45, 7) is 6.87. The highest BCUT2D eigenvalue weighted by molar-refractivity contribution is 7.91. The summed E-state index contributed by atoms with van der Waals surface area (Å²) in [7, 11) is -2.86. The summed E-state index contributed by atoms with van der Waals surface area (Å²) in [6.07, 6.45) is 0.689. The molecule has 1 aromatic rings. The van der Waals surface area contributed by atoms with Gasteiger partial charge in [-0.05, 0) is 30.6 Å². The van der Waals surface area contributed by atoms with Gasteiger partial charge in [-0.15, -0.1) is 0 Å². The number of sulfone groups is 1. The maximum absolute atomic E-state index is 11.5. The average molecular weight is 298 g/mol. The predicted molar refractivity (Wildman–Crippen MR) is 84.2 cm³/mol. The minimum Gasteiger partial charge on any atom is -0.326 e. The molecule has 0 atom stereocenters. The quantitative estimate of drug-likeness (QED) is 0.755. The number of hydrogen-bond donors (Lipinski definition) is 1. The van der Waals surface area contributed by atoms with Gasteiger partial charge in [0.15, 0.2) is 0 Å². The molecule has 0 spiro atoms. The number of rotatable bonds is 9. The first-order valence-electron chi connectivity index (χ1n) is 7.22. The second kappa shape index (κ2) is 8.39. The molecule has 0 unspecified atom stereocenters. The maximum atomic E-state index is 11.5. The molecule has 0 saturated heterocycles. The molecular formula is C15H26N2O2S. The van der Waals surface area contributed by atoms with Crippen LogP contribution in [-0.2, 0) is 22.9 Å². The number of nitrogens with zero attached hydrogens (tertiary/aromatic N) is 1. The van der Waals surface area contributed by atoms with Crippen LogP contribution in [-0.4, -0.2) is 37.9 Å². The minimum absolute atomic E-state index is 0.231. The normalized spacial score (nSPS) is 12.0. The second-order valence-corrected chi connectivity index (χ2v) is 7.40. The van der Waals surface area contributed by atoms with Gasteiger partial charge < -0.3 is 5.73 Å². The monoisotopic (exact) mass is 298 g/mol. The third-order valence-corrected chi connectivity index (χ3v) is 5.34. The van der Waals surface area contributed by atoms with Crippen molar-refractivity contribution in [3.8, 4) is 0 Å². The fourth-order valence-electron chi connectivity index (χ4n) is 2.15. The Balaban J connectivity index is 2.55. The molecule has 0 aromatic heterocycles. The van der Waals surface area contributed by atoms with Crippen molar-refractivity contribution < 1.29 is 8.42 Å². The van der Waals surface area contributed by atoms with Crippen LogP contribution >= 0.6 is 0 Å². The highest BCUT2D eigenvalue weighted by atomic mass is 32.2. The summed E-state index contributed by atoms with van der Waals surface area (Å²) in [5.41, 5.74) is 8.14. The van der Waals surface area contributed by atoms with Gasteiger partial charge in [0, 0.05) is 18.8 Å². The third-order valence-electron chi connectivity index (χ3n) is 3.55. The van der Waals surface area contributed by atoms with Crippen molar-refractivity contribution in [3.63, 3.8) is 0 Å². The molecule has 0 fully saturated rings. The van der Waals surface area contributed by atoms with Crippen molar-refractivity contribution in [2.24, 2.45) is 5.73 Å². The van der Waals surface area contributed by atoms with Crippen molar-refractivity contribution >= 4 is 9.84 Å². The first-order chi connectivity index (χ1) is 9.52. The zero-order valence-corrected chi connectivity index (χ0v) is 13.3. The van der Waals surface area contributed by atoms with Crippen LogP contribution in [0.3, 0.4) is 0 Å². The Morgan fingerprint density at radius 1 is 1.15 bits per heavy atom. The van der Waals surface area contributed by atoms with Crippen LogP contribution in [0, 0.1) is 0 Å². The molecule has 1 aromatic carbocycles. The van der Waals surface area contributed by atoms with Crippen LogP contribution < -0.4 is 5.73 Å². The van der Waals surface area contributed by atoms with Gasteiger partial charge in [-0.1, -0.05) is 38.1 Å². The van der Waals surface area contributed by atoms with Gasteiger partial charge in [0.2, 0.25) is 0 Å². The number of hydrogen-bond acceptors (Lipinski definition) is 4. The van der Waals surface area contributed by atoms with Crippen LogP contribution in [0.2, 0.25) is 0 Å². The largest absolute Gasteiger partial charge is 0.326 e. The fourth-order valence-corrected chi connectivity index (χ4v) is 3.01. The third kappa shape index (κ3) is 5.61. The Morgan fingerprint density at radius 2 is 1.80 bits per heavy atom. The van der Waals surface area contributed by atoms with Gasteiger partial charge in [0.1, 0.15) is 9.84 Å². The van der Waals surface area contributed by atoms with Gasteiger partial charge in [-0.25, -0.2) is 8.42 Å². The first-order valence-corrected chi connectivity index (χ1v) is 9.04. The molecule has 0 bridgehead atoms. The molecule has 114 valence electrons. The van der Waals surface area contributed by atoms with Crippen molar-refractivity contribution in [2.45, 2.75) is 33.4 Å². The molecule has 0 amide bonds. The van der Waals surface area contributed by atoms with Crippen LogP contribution in [0.4, 0.5) is 0 Å². The lowest BCUT2D eigenvalue weighted by atomic mass is 10.1. The number of benzene rings is 1. The summed E-state index contributed by atoms with van der Waals surface area (Å²) in [5, 5.41) is 0. The van der Waals surface area contributed by atoms with Crippen molar-refractivity contribution in [1.82, 2.24) is 4.90 Å². The highest BCUT2D eigenvalue weighted by Crippen LogP contribution is 2.11. The predicted octanol–water partition coefficient (Wildman–Crippen LogP) is 1.79. The van der Waals surface area contributed by atoms with E-state index in [1.165, 1.54) is 5.56 Å². The molecule has 0 aliphatic heterocycles. The van der Waals surface area contributed by atoms with E-state index in [-0.39, 0.29) is 11.5 Å². The first kappa shape index (κ1) is 17.1. The van der Waals surface area contributed by atoms with E-state index in [9.17, 15) is 8.42 Å². The molecular weight excluding hydrogens is 272 g/mol. The van der Waals surface area contributed by atoms with Gasteiger partial charge in [-0.3, -0.25) is 4.90 Å². The lowest BCUT2D eigenvalue weighted by Crippen LogP contribution is -2.26. The van der Waals surface area contributed by atoms with Crippen LogP contribution in [0.15, 0.2) is 24.3 Å². The van der Waals surface area contributed by atoms with E-state index < -0.39 is 9.84 Å². The van der Waals surface area contributed by atoms with E-state index in [4.69, 9.17) is 5.73 Å². The van der Waals surface area contributed by atoms with Crippen LogP contribution in [0.1, 0.15) is 31.4 Å². The highest BCUT2D eigenvalue weighted by Gasteiger charge is 2.10. The number of nitrogens with two attached hydrogens (primary N) is 1. The smallest absolute Gasteiger partial charge is 0.150 e. The molecule has 0 heterocycles. The van der Waals surface area contributed by atoms with Gasteiger partial charge >= 0.3 is 0 Å². The summed E-state index contributed by atoms with van der Waals surface area (Å²) < 4.78 is 23.0. The molecule has 0 aliphatic rings. The molecule has 0 saturated carbocycles. The lowest BCUT2D eigenvalue weighted by Gasteiger charge is -2.21. The Kier molecular flexibility index (Phi) is 7.19. The van der Waals surface area contributed by atoms with Gasteiger partial charge in [0.05, 0.1) is 5.75 Å². The Labute approximate surface area is 122 Å². The van der Waals surface area contributed by atoms with Gasteiger partial charge in [-0.2, -0.15) is 0 Å². The summed E-state index contributed by atoms with van der Waals surface area (Å²) in [6, 6.07) is 8.15. The zero-order valence-electron chi connectivity index (χ0n) is 12.5. The van der Waals surface area contributed by atoms with Crippen LogP contribution in [0.25, 0.3) is 0 Å². The molecule has 4 nitrogen and oxygen atoms in total. The standard InChI is InChI=1S/C15H26N2O2S/c1-3-17(10-7-11-20(18,19)4-2)13-15-9-6-5-8-14(15)12-16/h5-6,8-9H,3-4,7,10-13,16H2,1-2H3. The van der Waals surface area contributed by atoms with Gasteiger partial charge in [0.25, 0.3) is 0 Å². The van der Waals surface area contributed by atoms with Crippen molar-refractivity contribution in [3.05, 3.63) is 35.4 Å². The summed E-state index contributed by atoms with van der Waals surface area (Å²) in [4.78, 5) is 2.26. The molecule has 5 heteroatoms. The average Bonchev–Trinajstić information content (AvgIpc) is 2.46. The minimum atomic E-state index is -2.86. The van der Waals surface area contributed by atoms with E-state index >= 15 is 0 Å². The second-order valence-electron chi connectivity index (χ2n) is 4.93. The van der Waals surface area contributed by atoms with Crippen molar-refractivity contribution in [2.75, 3.05) is 24.6 Å². The Hall–Kier alpha value is -0.910. The fraction of sp³-hybridized carbons (Fsp3) is 0.600. The van der Waals surface area contributed by atoms with E-state index in [1.807, 2.05) is 18.2 Å². The maximum Gasteiger partial charge on any atom is 0.150 e. The molecule has 0 aliphatic carbocycles. The van der Waals surface area contributed by atoms with Crippen molar-refractivity contribution in [1.29, 1.82) is 0 Å². The van der Waals surface area contributed by atoms with Crippen LogP contribution in [0.5, 0.6) is 0 Å². The summed E-state index contributed by atoms with van der Waals surface area (Å²) >= 11 is 0. The Bertz CT molecular complexity index is 500. The molecule has 2 N–H and O–H groups in total. The topological polar surface area (TPSA) is 63.4 Å². The SMILES string of the molecule is CCN(CCCS(=O)(=O)CC)Cc1ccccc1CN. The van der Waals surface area contributed by atoms with E-state index in [0.29, 0.717) is 13.0 Å². The molecule has 0 radical (unpaired) electrons. The molecule has 1 rings (SSSR count). The van der Waals surface area contributed by atoms with E-state index in [2.05, 4.69) is 17.9 Å². The summed E-state index contributed by atoms with van der Waals surface area (Å²) in [5.74, 6) is 0.508. The van der Waals surface area contributed by atoms with E-state index in [0.717, 1.165) is 25.2 Å². The lowest BCUT2D eigenvalue weighted by molar-refractivity contribution is 0.280. The Morgan fingerprint density at radius 3 is 2.35 bits per heavy atom. The van der Waals surface area contributed by atoms with E-state index in [1.54, 1.807) is 6.92 Å². The molecule has 20 heavy (non-hydrogen) atoms. The zero-order chi connectivity index (χ0) is 15.0.